The quantitative estimate of drug-likeness (QED) is 0.740. The highest BCUT2D eigenvalue weighted by Gasteiger charge is 2.44. The molecule has 0 saturated heterocycles. The number of carbonyl (C=O) groups is 1. The topological polar surface area (TPSA) is 77.8 Å². The lowest BCUT2D eigenvalue weighted by Crippen LogP contribution is -2.40. The molecule has 22 heavy (non-hydrogen) atoms. The summed E-state index contributed by atoms with van der Waals surface area (Å²) in [7, 11) is 0. The van der Waals surface area contributed by atoms with E-state index in [1.165, 1.54) is 6.07 Å². The molecule has 0 radical (unpaired) electrons. The molecule has 0 heterocycles. The first-order valence-electron chi connectivity index (χ1n) is 7.47. The van der Waals surface area contributed by atoms with Crippen LogP contribution in [0.15, 0.2) is 36.1 Å². The van der Waals surface area contributed by atoms with Gasteiger partial charge in [0.2, 0.25) is 0 Å². The van der Waals surface area contributed by atoms with Crippen molar-refractivity contribution in [2.75, 3.05) is 0 Å². The van der Waals surface area contributed by atoms with Crippen molar-refractivity contribution < 1.29 is 20.1 Å². The van der Waals surface area contributed by atoms with Gasteiger partial charge in [0.15, 0.2) is 5.78 Å². The molecule has 2 aliphatic carbocycles. The van der Waals surface area contributed by atoms with Crippen molar-refractivity contribution in [1.82, 2.24) is 0 Å². The Morgan fingerprint density at radius 2 is 1.91 bits per heavy atom. The number of carbonyl (C=O) groups excluding carboxylic acids is 1. The highest BCUT2D eigenvalue weighted by molar-refractivity contribution is 6.02. The monoisotopic (exact) mass is 300 g/mol. The molecule has 1 aromatic carbocycles. The number of benzene rings is 1. The number of aliphatic hydroxyl groups excluding tert-OH is 1. The Kier molecular flexibility index (Phi) is 3.28. The molecule has 4 nitrogen and oxygen atoms in total. The van der Waals surface area contributed by atoms with Crippen molar-refractivity contribution in [3.63, 3.8) is 0 Å². The number of allylic oxidation sites excluding steroid dienone is 3. The SMILES string of the molecule is CC1(C)c2cc(O)cc(O)c2C(=O)CC1C1C=C(O)C=CC1. The van der Waals surface area contributed by atoms with Gasteiger partial charge in [-0.2, -0.15) is 0 Å². The lowest BCUT2D eigenvalue weighted by molar-refractivity contribution is 0.0874. The van der Waals surface area contributed by atoms with Crippen LogP contribution in [-0.4, -0.2) is 21.1 Å². The third kappa shape index (κ3) is 2.19. The first kappa shape index (κ1) is 14.7. The van der Waals surface area contributed by atoms with Crippen molar-refractivity contribution in [2.45, 2.75) is 32.1 Å². The van der Waals surface area contributed by atoms with Crippen molar-refractivity contribution in [2.24, 2.45) is 11.8 Å². The predicted molar refractivity (Wildman–Crippen MR) is 83.2 cm³/mol. The summed E-state index contributed by atoms with van der Waals surface area (Å²) in [5, 5.41) is 29.6. The Labute approximate surface area is 129 Å². The second-order valence-electron chi connectivity index (χ2n) is 6.74. The van der Waals surface area contributed by atoms with Crippen LogP contribution in [0.5, 0.6) is 11.5 Å². The molecule has 0 spiro atoms. The normalized spacial score (nSPS) is 26.5. The molecular formula is C18H20O4. The number of ketones is 1. The van der Waals surface area contributed by atoms with Crippen LogP contribution in [0.3, 0.4) is 0 Å². The van der Waals surface area contributed by atoms with Crippen LogP contribution in [0.4, 0.5) is 0 Å². The second kappa shape index (κ2) is 4.90. The van der Waals surface area contributed by atoms with Gasteiger partial charge in [-0.1, -0.05) is 19.9 Å². The van der Waals surface area contributed by atoms with E-state index in [1.807, 2.05) is 19.9 Å². The van der Waals surface area contributed by atoms with E-state index in [-0.39, 0.29) is 34.9 Å². The third-order valence-electron chi connectivity index (χ3n) is 5.01. The van der Waals surface area contributed by atoms with Crippen LogP contribution in [0, 0.1) is 11.8 Å². The molecule has 0 fully saturated rings. The lowest BCUT2D eigenvalue weighted by Gasteiger charge is -2.43. The van der Waals surface area contributed by atoms with E-state index in [9.17, 15) is 20.1 Å². The molecule has 0 aromatic heterocycles. The van der Waals surface area contributed by atoms with Crippen LogP contribution in [-0.2, 0) is 5.41 Å². The predicted octanol–water partition coefficient (Wildman–Crippen LogP) is 3.60. The molecular weight excluding hydrogens is 280 g/mol. The number of phenols is 2. The van der Waals surface area contributed by atoms with Crippen molar-refractivity contribution in [3.05, 3.63) is 47.2 Å². The van der Waals surface area contributed by atoms with E-state index in [0.29, 0.717) is 17.5 Å². The van der Waals surface area contributed by atoms with Gasteiger partial charge in [0.05, 0.1) is 5.56 Å². The number of fused-ring (bicyclic) bond motifs is 1. The van der Waals surface area contributed by atoms with Gasteiger partial charge >= 0.3 is 0 Å². The number of aromatic hydroxyl groups is 2. The van der Waals surface area contributed by atoms with Crippen LogP contribution < -0.4 is 0 Å². The molecule has 116 valence electrons. The number of phenolic OH excluding ortho intramolecular Hbond substituents is 2. The average Bonchev–Trinajstić information content (AvgIpc) is 2.42. The van der Waals surface area contributed by atoms with E-state index < -0.39 is 5.41 Å². The van der Waals surface area contributed by atoms with Crippen molar-refractivity contribution in [1.29, 1.82) is 0 Å². The van der Waals surface area contributed by atoms with Crippen LogP contribution in [0.25, 0.3) is 0 Å². The highest BCUT2D eigenvalue weighted by Crippen LogP contribution is 2.49. The van der Waals surface area contributed by atoms with Crippen molar-refractivity contribution >= 4 is 5.78 Å². The summed E-state index contributed by atoms with van der Waals surface area (Å²) >= 11 is 0. The second-order valence-corrected chi connectivity index (χ2v) is 6.74. The summed E-state index contributed by atoms with van der Waals surface area (Å²) < 4.78 is 0. The zero-order valence-corrected chi connectivity index (χ0v) is 12.7. The van der Waals surface area contributed by atoms with Crippen LogP contribution >= 0.6 is 0 Å². The fourth-order valence-electron chi connectivity index (χ4n) is 3.83. The van der Waals surface area contributed by atoms with Crippen LogP contribution in [0.1, 0.15) is 42.6 Å². The summed E-state index contributed by atoms with van der Waals surface area (Å²) in [4.78, 5) is 12.5. The molecule has 3 rings (SSSR count). The molecule has 0 bridgehead atoms. The minimum Gasteiger partial charge on any atom is -0.508 e. The van der Waals surface area contributed by atoms with Crippen molar-refractivity contribution in [3.8, 4) is 11.5 Å². The molecule has 1 aromatic rings. The number of hydrogen-bond acceptors (Lipinski definition) is 4. The van der Waals surface area contributed by atoms with Gasteiger partial charge in [0.25, 0.3) is 0 Å². The van der Waals surface area contributed by atoms with Crippen LogP contribution in [0.2, 0.25) is 0 Å². The Hall–Kier alpha value is -2.23. The maximum atomic E-state index is 12.5. The number of hydrogen-bond donors (Lipinski definition) is 3. The summed E-state index contributed by atoms with van der Waals surface area (Å²) in [5.41, 5.74) is 0.596. The molecule has 0 amide bonds. The minimum absolute atomic E-state index is 0.000741. The smallest absolute Gasteiger partial charge is 0.167 e. The van der Waals surface area contributed by atoms with Gasteiger partial charge in [0.1, 0.15) is 17.3 Å². The molecule has 2 unspecified atom stereocenters. The minimum atomic E-state index is -0.397. The van der Waals surface area contributed by atoms with Gasteiger partial charge in [0, 0.05) is 12.5 Å². The summed E-state index contributed by atoms with van der Waals surface area (Å²) in [6.45, 7) is 4.04. The maximum absolute atomic E-state index is 12.5. The fourth-order valence-corrected chi connectivity index (χ4v) is 3.83. The summed E-state index contributed by atoms with van der Waals surface area (Å²) in [6, 6.07) is 2.78. The van der Waals surface area contributed by atoms with E-state index >= 15 is 0 Å². The van der Waals surface area contributed by atoms with E-state index in [1.54, 1.807) is 18.2 Å². The Bertz CT molecular complexity index is 697. The Morgan fingerprint density at radius 3 is 2.59 bits per heavy atom. The van der Waals surface area contributed by atoms with Gasteiger partial charge in [-0.25, -0.2) is 0 Å². The molecule has 2 aliphatic rings. The zero-order valence-electron chi connectivity index (χ0n) is 12.7. The van der Waals surface area contributed by atoms with Gasteiger partial charge < -0.3 is 15.3 Å². The Balaban J connectivity index is 2.10. The molecule has 3 N–H and O–H groups in total. The molecule has 2 atom stereocenters. The first-order valence-corrected chi connectivity index (χ1v) is 7.47. The zero-order chi connectivity index (χ0) is 16.1. The van der Waals surface area contributed by atoms with E-state index in [2.05, 4.69) is 0 Å². The van der Waals surface area contributed by atoms with Gasteiger partial charge in [-0.05, 0) is 47.5 Å². The van der Waals surface area contributed by atoms with Gasteiger partial charge in [-0.15, -0.1) is 0 Å². The fraction of sp³-hybridized carbons (Fsp3) is 0.389. The first-order chi connectivity index (χ1) is 10.3. The largest absolute Gasteiger partial charge is 0.508 e. The van der Waals surface area contributed by atoms with E-state index in [4.69, 9.17) is 0 Å². The standard InChI is InChI=1S/C18H20O4/c1-18(2)13(10-4-3-5-11(19)6-10)9-16(22)17-14(18)7-12(20)8-15(17)21/h3,5-8,10,13,19-21H,4,9H2,1-2H3. The molecule has 0 aliphatic heterocycles. The molecule has 0 saturated carbocycles. The van der Waals surface area contributed by atoms with E-state index in [0.717, 1.165) is 6.42 Å². The maximum Gasteiger partial charge on any atom is 0.167 e. The molecule has 4 heteroatoms. The lowest BCUT2D eigenvalue weighted by atomic mass is 9.60. The highest BCUT2D eigenvalue weighted by atomic mass is 16.3. The van der Waals surface area contributed by atoms with Gasteiger partial charge in [-0.3, -0.25) is 4.79 Å². The summed E-state index contributed by atoms with van der Waals surface area (Å²) in [6.07, 6.45) is 6.47. The number of aliphatic hydroxyl groups is 1. The Morgan fingerprint density at radius 1 is 1.18 bits per heavy atom. The number of Topliss-reactive ketones (excluding diaryl/α,β-unsaturated/α-hetero) is 1. The average molecular weight is 300 g/mol. The summed E-state index contributed by atoms with van der Waals surface area (Å²) in [5.74, 6) is -0.0288. The number of rotatable bonds is 1. The third-order valence-corrected chi connectivity index (χ3v) is 5.01.